The van der Waals surface area contributed by atoms with Crippen molar-refractivity contribution in [3.63, 3.8) is 0 Å². The van der Waals surface area contributed by atoms with E-state index in [0.29, 0.717) is 18.4 Å². The van der Waals surface area contributed by atoms with Crippen molar-refractivity contribution >= 4 is 41.0 Å². The molecule has 1 amide bonds. The van der Waals surface area contributed by atoms with E-state index in [9.17, 15) is 24.8 Å². The molecule has 1 aromatic carbocycles. The van der Waals surface area contributed by atoms with Crippen LogP contribution < -0.4 is 5.73 Å². The third-order valence-corrected chi connectivity index (χ3v) is 5.85. The number of amides is 1. The number of nitrogens with zero attached hydrogens (tertiary/aromatic N) is 2. The van der Waals surface area contributed by atoms with E-state index in [1.807, 2.05) is 0 Å². The van der Waals surface area contributed by atoms with Gasteiger partial charge in [-0.2, -0.15) is 0 Å². The molecule has 0 spiro atoms. The molecule has 0 unspecified atom stereocenters. The average Bonchev–Trinajstić information content (AvgIpc) is 2.72. The van der Waals surface area contributed by atoms with Crippen molar-refractivity contribution in [2.75, 3.05) is 24.8 Å². The van der Waals surface area contributed by atoms with Crippen molar-refractivity contribution in [2.45, 2.75) is 45.8 Å². The molecule has 3 N–H and O–H groups in total. The van der Waals surface area contributed by atoms with E-state index < -0.39 is 28.4 Å². The Morgan fingerprint density at radius 1 is 1.26 bits per heavy atom. The molecule has 0 heterocycles. The monoisotopic (exact) mass is 477 g/mol. The fourth-order valence-electron chi connectivity index (χ4n) is 3.47. The number of carboxylic acids is 1. The fraction of sp³-hybridized carbons (Fsp3) is 0.600. The molecule has 1 atom stereocenters. The number of ether oxygens (including phenoxy) is 1. The summed E-state index contributed by atoms with van der Waals surface area (Å²) in [6.45, 7) is 3.90. The van der Waals surface area contributed by atoms with Crippen molar-refractivity contribution in [3.05, 3.63) is 39.4 Å². The standard InChI is InChI=1S/C20H29Cl2N3O6/c1-3-20(4-2,18(26)27)17(23)12-15-11-14(5-6-16(15)25(29)30)13-31-19(28)24(9-7-21)10-8-22/h5-6,11,17H,3-4,7-10,12-13,23H2,1-2H3,(H,26,27)/t17-/m1/s1. The first kappa shape index (κ1) is 26.9. The number of rotatable bonds is 13. The molecule has 0 radical (unpaired) electrons. The van der Waals surface area contributed by atoms with E-state index in [1.165, 1.54) is 23.1 Å². The van der Waals surface area contributed by atoms with Crippen LogP contribution in [0.5, 0.6) is 0 Å². The first-order chi connectivity index (χ1) is 14.7. The number of carboxylic acid groups (broad SMARTS) is 1. The number of carbonyl (C=O) groups is 2. The van der Waals surface area contributed by atoms with Gasteiger partial charge in [-0.25, -0.2) is 4.79 Å². The molecule has 0 aliphatic rings. The summed E-state index contributed by atoms with van der Waals surface area (Å²) >= 11 is 11.4. The van der Waals surface area contributed by atoms with Crippen LogP contribution in [0.15, 0.2) is 18.2 Å². The largest absolute Gasteiger partial charge is 0.481 e. The van der Waals surface area contributed by atoms with Crippen molar-refractivity contribution in [1.82, 2.24) is 4.90 Å². The summed E-state index contributed by atoms with van der Waals surface area (Å²) in [7, 11) is 0. The van der Waals surface area contributed by atoms with E-state index in [2.05, 4.69) is 0 Å². The minimum absolute atomic E-state index is 0.00327. The number of carbonyl (C=O) groups excluding carboxylic acids is 1. The van der Waals surface area contributed by atoms with E-state index in [-0.39, 0.29) is 49.1 Å². The Balaban J connectivity index is 3.09. The topological polar surface area (TPSA) is 136 Å². The molecule has 0 fully saturated rings. The second-order valence-electron chi connectivity index (χ2n) is 7.12. The van der Waals surface area contributed by atoms with Crippen LogP contribution >= 0.6 is 23.2 Å². The maximum Gasteiger partial charge on any atom is 0.410 e. The summed E-state index contributed by atoms with van der Waals surface area (Å²) in [6, 6.07) is 3.48. The van der Waals surface area contributed by atoms with Crippen molar-refractivity contribution in [1.29, 1.82) is 0 Å². The highest BCUT2D eigenvalue weighted by Crippen LogP contribution is 2.33. The van der Waals surface area contributed by atoms with Gasteiger partial charge in [-0.05, 0) is 37.0 Å². The summed E-state index contributed by atoms with van der Waals surface area (Å²) in [5.41, 5.74) is 5.68. The Kier molecular flexibility index (Phi) is 11.0. The number of aliphatic carboxylic acids is 1. The molecule has 31 heavy (non-hydrogen) atoms. The summed E-state index contributed by atoms with van der Waals surface area (Å²) in [4.78, 5) is 36.4. The highest BCUT2D eigenvalue weighted by atomic mass is 35.5. The Morgan fingerprint density at radius 2 is 1.84 bits per heavy atom. The van der Waals surface area contributed by atoms with Crippen LogP contribution in [0.2, 0.25) is 0 Å². The molecule has 0 saturated carbocycles. The van der Waals surface area contributed by atoms with Gasteiger partial charge in [0.05, 0.1) is 10.3 Å². The molecule has 174 valence electrons. The number of nitrogens with two attached hydrogens (primary N) is 1. The predicted octanol–water partition coefficient (Wildman–Crippen LogP) is 3.77. The van der Waals surface area contributed by atoms with Crippen LogP contribution in [0, 0.1) is 15.5 Å². The van der Waals surface area contributed by atoms with E-state index in [0.717, 1.165) is 0 Å². The Hall–Kier alpha value is -2.10. The first-order valence-electron chi connectivity index (χ1n) is 9.95. The number of hydrogen-bond donors (Lipinski definition) is 2. The molecule has 1 aromatic rings. The van der Waals surface area contributed by atoms with Crippen molar-refractivity contribution < 1.29 is 24.4 Å². The minimum atomic E-state index is -1.19. The molecule has 0 saturated heterocycles. The number of benzene rings is 1. The molecular formula is C20H29Cl2N3O6. The van der Waals surface area contributed by atoms with E-state index in [4.69, 9.17) is 33.7 Å². The smallest absolute Gasteiger partial charge is 0.410 e. The number of halogens is 2. The molecule has 9 nitrogen and oxygen atoms in total. The van der Waals surface area contributed by atoms with Gasteiger partial charge in [-0.1, -0.05) is 13.8 Å². The maximum atomic E-state index is 12.2. The van der Waals surface area contributed by atoms with Gasteiger partial charge in [0.2, 0.25) is 0 Å². The van der Waals surface area contributed by atoms with Crippen molar-refractivity contribution in [3.8, 4) is 0 Å². The summed E-state index contributed by atoms with van der Waals surface area (Å²) in [5.74, 6) is -0.575. The highest BCUT2D eigenvalue weighted by Gasteiger charge is 2.41. The van der Waals surface area contributed by atoms with E-state index >= 15 is 0 Å². The molecule has 0 aliphatic carbocycles. The van der Waals surface area contributed by atoms with Gasteiger partial charge in [0.15, 0.2) is 0 Å². The molecule has 0 aliphatic heterocycles. The second kappa shape index (κ2) is 12.7. The summed E-state index contributed by atoms with van der Waals surface area (Å²) < 4.78 is 5.28. The lowest BCUT2D eigenvalue weighted by Crippen LogP contribution is -2.48. The van der Waals surface area contributed by atoms with Crippen LogP contribution in [0.4, 0.5) is 10.5 Å². The fourth-order valence-corrected chi connectivity index (χ4v) is 3.88. The predicted molar refractivity (Wildman–Crippen MR) is 119 cm³/mol. The summed E-state index contributed by atoms with van der Waals surface area (Å²) in [6.07, 6.45) is -0.0133. The van der Waals surface area contributed by atoms with Crippen LogP contribution in [-0.4, -0.2) is 57.9 Å². The lowest BCUT2D eigenvalue weighted by molar-refractivity contribution is -0.385. The Bertz CT molecular complexity index is 767. The zero-order chi connectivity index (χ0) is 23.6. The van der Waals surface area contributed by atoms with Gasteiger partial charge in [0, 0.05) is 42.5 Å². The van der Waals surface area contributed by atoms with Gasteiger partial charge >= 0.3 is 12.1 Å². The van der Waals surface area contributed by atoms with Crippen molar-refractivity contribution in [2.24, 2.45) is 11.1 Å². The molecule has 1 rings (SSSR count). The quantitative estimate of drug-likeness (QED) is 0.250. The van der Waals surface area contributed by atoms with Crippen LogP contribution in [0.3, 0.4) is 0 Å². The Morgan fingerprint density at radius 3 is 2.29 bits per heavy atom. The molecule has 0 aromatic heterocycles. The zero-order valence-electron chi connectivity index (χ0n) is 17.7. The van der Waals surface area contributed by atoms with Crippen LogP contribution in [0.25, 0.3) is 0 Å². The third kappa shape index (κ3) is 6.95. The number of alkyl halides is 2. The lowest BCUT2D eigenvalue weighted by Gasteiger charge is -2.33. The third-order valence-electron chi connectivity index (χ3n) is 5.51. The van der Waals surface area contributed by atoms with Gasteiger partial charge in [-0.15, -0.1) is 23.2 Å². The SMILES string of the molecule is CCC(CC)(C(=O)O)[C@H](N)Cc1cc(COC(=O)N(CCCl)CCCl)ccc1[N+](=O)[O-]. The van der Waals surface area contributed by atoms with Crippen LogP contribution in [-0.2, 0) is 22.6 Å². The first-order valence-corrected chi connectivity index (χ1v) is 11.0. The molecule has 11 heteroatoms. The van der Waals surface area contributed by atoms with Gasteiger partial charge in [0.25, 0.3) is 5.69 Å². The molecular weight excluding hydrogens is 449 g/mol. The van der Waals surface area contributed by atoms with Gasteiger partial charge in [0.1, 0.15) is 6.61 Å². The summed E-state index contributed by atoms with van der Waals surface area (Å²) in [5, 5.41) is 21.2. The van der Waals surface area contributed by atoms with Crippen LogP contribution in [0.1, 0.15) is 37.8 Å². The normalized spacial score (nSPS) is 12.3. The lowest BCUT2D eigenvalue weighted by atomic mass is 9.73. The number of nitro groups is 1. The maximum absolute atomic E-state index is 12.2. The average molecular weight is 478 g/mol. The zero-order valence-corrected chi connectivity index (χ0v) is 19.2. The number of hydrogen-bond acceptors (Lipinski definition) is 6. The highest BCUT2D eigenvalue weighted by molar-refractivity contribution is 6.18. The minimum Gasteiger partial charge on any atom is -0.481 e. The number of nitro benzene ring substituents is 1. The second-order valence-corrected chi connectivity index (χ2v) is 7.87. The van der Waals surface area contributed by atoms with Gasteiger partial charge in [-0.3, -0.25) is 14.9 Å². The molecule has 0 bridgehead atoms. The van der Waals surface area contributed by atoms with Gasteiger partial charge < -0.3 is 20.5 Å². The Labute approximate surface area is 191 Å². The van der Waals surface area contributed by atoms with E-state index in [1.54, 1.807) is 13.8 Å².